The number of nitrogens with one attached hydrogen (secondary N) is 1. The van der Waals surface area contributed by atoms with Crippen LogP contribution in [0.1, 0.15) is 48.9 Å². The van der Waals surface area contributed by atoms with Crippen molar-refractivity contribution in [3.05, 3.63) is 53.6 Å². The predicted molar refractivity (Wildman–Crippen MR) is 86.3 cm³/mol. The number of benzene rings is 1. The number of unbranched alkanes of at least 4 members (excludes halogenated alkanes) is 1. The van der Waals surface area contributed by atoms with Gasteiger partial charge in [0.05, 0.1) is 6.33 Å². The average molecular weight is 283 g/mol. The maximum absolute atomic E-state index is 4.06. The highest BCUT2D eigenvalue weighted by Gasteiger charge is 2.12. The van der Waals surface area contributed by atoms with E-state index in [9.17, 15) is 0 Å². The highest BCUT2D eigenvalue weighted by molar-refractivity contribution is 5.36. The summed E-state index contributed by atoms with van der Waals surface area (Å²) in [5, 5.41) is 3.65. The lowest BCUT2D eigenvalue weighted by molar-refractivity contribution is 0.523. The van der Waals surface area contributed by atoms with Gasteiger partial charge in [-0.1, -0.05) is 18.2 Å². The molecule has 0 radical (unpaired) electrons. The monoisotopic (exact) mass is 283 g/mol. The zero-order valence-corrected chi connectivity index (χ0v) is 12.9. The van der Waals surface area contributed by atoms with Crippen molar-refractivity contribution in [3.63, 3.8) is 0 Å². The van der Waals surface area contributed by atoms with E-state index >= 15 is 0 Å². The third-order valence-corrected chi connectivity index (χ3v) is 4.48. The number of hydrogen-bond acceptors (Lipinski definition) is 2. The zero-order chi connectivity index (χ0) is 14.5. The van der Waals surface area contributed by atoms with Crippen LogP contribution in [0.5, 0.6) is 0 Å². The third kappa shape index (κ3) is 3.73. The maximum atomic E-state index is 4.06. The molecule has 112 valence electrons. The molecule has 3 heteroatoms. The predicted octanol–water partition coefficient (Wildman–Crippen LogP) is 3.50. The van der Waals surface area contributed by atoms with Gasteiger partial charge in [-0.05, 0) is 62.3 Å². The average Bonchev–Trinajstić information content (AvgIpc) is 3.17. The number of aromatic nitrogens is 2. The van der Waals surface area contributed by atoms with Gasteiger partial charge in [-0.15, -0.1) is 0 Å². The second kappa shape index (κ2) is 6.90. The molecule has 1 unspecified atom stereocenters. The van der Waals surface area contributed by atoms with Gasteiger partial charge in [0.2, 0.25) is 0 Å². The van der Waals surface area contributed by atoms with Crippen molar-refractivity contribution in [1.82, 2.24) is 14.9 Å². The Morgan fingerprint density at radius 3 is 3.00 bits per heavy atom. The van der Waals surface area contributed by atoms with Crippen LogP contribution in [0.3, 0.4) is 0 Å². The normalized spacial score (nSPS) is 15.1. The number of nitrogens with zero attached hydrogens (tertiary/aromatic N) is 2. The molecular formula is C18H25N3. The lowest BCUT2D eigenvalue weighted by Gasteiger charge is -2.15. The number of hydrogen-bond donors (Lipinski definition) is 1. The minimum Gasteiger partial charge on any atom is -0.337 e. The fraction of sp³-hybridized carbons (Fsp3) is 0.500. The molecule has 2 aromatic rings. The fourth-order valence-corrected chi connectivity index (χ4v) is 3.14. The Morgan fingerprint density at radius 2 is 2.14 bits per heavy atom. The molecule has 21 heavy (non-hydrogen) atoms. The van der Waals surface area contributed by atoms with Crippen LogP contribution in [0.25, 0.3) is 0 Å². The molecule has 1 aliphatic rings. The first-order valence-corrected chi connectivity index (χ1v) is 8.14. The summed E-state index contributed by atoms with van der Waals surface area (Å²) in [6.45, 7) is 4.41. The minimum absolute atomic E-state index is 0.448. The standard InChI is InChI=1S/C18H25N3/c1-15(17-8-7-16-5-4-6-18(16)13-17)20-9-2-3-11-21-12-10-19-14-21/h7-8,10,12-15,20H,2-6,9,11H2,1H3. The van der Waals surface area contributed by atoms with Crippen LogP contribution in [-0.4, -0.2) is 16.1 Å². The van der Waals surface area contributed by atoms with Crippen LogP contribution in [0.4, 0.5) is 0 Å². The second-order valence-corrected chi connectivity index (χ2v) is 6.07. The summed E-state index contributed by atoms with van der Waals surface area (Å²) in [4.78, 5) is 4.06. The summed E-state index contributed by atoms with van der Waals surface area (Å²) in [5.41, 5.74) is 4.57. The van der Waals surface area contributed by atoms with Crippen LogP contribution < -0.4 is 5.32 Å². The van der Waals surface area contributed by atoms with Crippen LogP contribution in [0.15, 0.2) is 36.9 Å². The van der Waals surface area contributed by atoms with E-state index in [1.807, 2.05) is 18.7 Å². The molecule has 0 spiro atoms. The molecular weight excluding hydrogens is 258 g/mol. The highest BCUT2D eigenvalue weighted by Crippen LogP contribution is 2.25. The van der Waals surface area contributed by atoms with Gasteiger partial charge in [0, 0.05) is 25.0 Å². The number of aryl methyl sites for hydroxylation is 3. The summed E-state index contributed by atoms with van der Waals surface area (Å²) in [6.07, 6.45) is 12.0. The summed E-state index contributed by atoms with van der Waals surface area (Å²) >= 11 is 0. The summed E-state index contributed by atoms with van der Waals surface area (Å²) in [7, 11) is 0. The van der Waals surface area contributed by atoms with Crippen LogP contribution >= 0.6 is 0 Å². The largest absolute Gasteiger partial charge is 0.337 e. The van der Waals surface area contributed by atoms with Crippen molar-refractivity contribution in [2.75, 3.05) is 6.54 Å². The van der Waals surface area contributed by atoms with Gasteiger partial charge in [-0.2, -0.15) is 0 Å². The van der Waals surface area contributed by atoms with Crippen LogP contribution in [0, 0.1) is 0 Å². The van der Waals surface area contributed by atoms with Gasteiger partial charge in [0.15, 0.2) is 0 Å². The fourth-order valence-electron chi connectivity index (χ4n) is 3.14. The van der Waals surface area contributed by atoms with Crippen molar-refractivity contribution in [3.8, 4) is 0 Å². The molecule has 1 heterocycles. The smallest absolute Gasteiger partial charge is 0.0945 e. The topological polar surface area (TPSA) is 29.9 Å². The molecule has 0 saturated carbocycles. The molecule has 1 aliphatic carbocycles. The first kappa shape index (κ1) is 14.3. The van der Waals surface area contributed by atoms with Crippen molar-refractivity contribution >= 4 is 0 Å². The lowest BCUT2D eigenvalue weighted by atomic mass is 10.0. The van der Waals surface area contributed by atoms with E-state index in [1.165, 1.54) is 37.7 Å². The van der Waals surface area contributed by atoms with Gasteiger partial charge in [-0.25, -0.2) is 4.98 Å². The van der Waals surface area contributed by atoms with Crippen molar-refractivity contribution in [2.45, 2.75) is 51.6 Å². The van der Waals surface area contributed by atoms with E-state index < -0.39 is 0 Å². The molecule has 1 aromatic heterocycles. The van der Waals surface area contributed by atoms with E-state index in [2.05, 4.69) is 40.0 Å². The molecule has 1 N–H and O–H groups in total. The van der Waals surface area contributed by atoms with Gasteiger partial charge in [0.1, 0.15) is 0 Å². The van der Waals surface area contributed by atoms with E-state index in [0.717, 1.165) is 13.1 Å². The molecule has 3 nitrogen and oxygen atoms in total. The molecule has 0 fully saturated rings. The maximum Gasteiger partial charge on any atom is 0.0945 e. The van der Waals surface area contributed by atoms with E-state index in [-0.39, 0.29) is 0 Å². The van der Waals surface area contributed by atoms with Crippen LogP contribution in [0.2, 0.25) is 0 Å². The second-order valence-electron chi connectivity index (χ2n) is 6.07. The van der Waals surface area contributed by atoms with Crippen LogP contribution in [-0.2, 0) is 19.4 Å². The first-order valence-electron chi connectivity index (χ1n) is 8.14. The molecule has 1 aromatic carbocycles. The number of imidazole rings is 1. The highest BCUT2D eigenvalue weighted by atomic mass is 15.0. The first-order chi connectivity index (χ1) is 10.3. The molecule has 1 atom stereocenters. The summed E-state index contributed by atoms with van der Waals surface area (Å²) < 4.78 is 2.14. The summed E-state index contributed by atoms with van der Waals surface area (Å²) in [5.74, 6) is 0. The number of rotatable bonds is 7. The Bertz CT molecular complexity index is 560. The van der Waals surface area contributed by atoms with Gasteiger partial charge >= 0.3 is 0 Å². The Balaban J connectivity index is 1.40. The molecule has 3 rings (SSSR count). The lowest BCUT2D eigenvalue weighted by Crippen LogP contribution is -2.20. The van der Waals surface area contributed by atoms with Gasteiger partial charge < -0.3 is 9.88 Å². The Labute approximate surface area is 127 Å². The molecule has 0 bridgehead atoms. The minimum atomic E-state index is 0.448. The van der Waals surface area contributed by atoms with Gasteiger partial charge in [0.25, 0.3) is 0 Å². The van der Waals surface area contributed by atoms with E-state index in [0.29, 0.717) is 6.04 Å². The Morgan fingerprint density at radius 1 is 1.24 bits per heavy atom. The molecule has 0 saturated heterocycles. The Hall–Kier alpha value is -1.61. The van der Waals surface area contributed by atoms with Gasteiger partial charge in [-0.3, -0.25) is 0 Å². The quantitative estimate of drug-likeness (QED) is 0.788. The van der Waals surface area contributed by atoms with Crippen molar-refractivity contribution in [2.24, 2.45) is 0 Å². The number of fused-ring (bicyclic) bond motifs is 1. The van der Waals surface area contributed by atoms with Crippen molar-refractivity contribution < 1.29 is 0 Å². The molecule has 0 amide bonds. The third-order valence-electron chi connectivity index (χ3n) is 4.48. The zero-order valence-electron chi connectivity index (χ0n) is 12.9. The SMILES string of the molecule is CC(NCCCCn1ccnc1)c1ccc2c(c1)CCC2. The Kier molecular flexibility index (Phi) is 4.71. The van der Waals surface area contributed by atoms with E-state index in [4.69, 9.17) is 0 Å². The van der Waals surface area contributed by atoms with Crippen molar-refractivity contribution in [1.29, 1.82) is 0 Å². The molecule has 0 aliphatic heterocycles. The van der Waals surface area contributed by atoms with E-state index in [1.54, 1.807) is 11.1 Å². The summed E-state index contributed by atoms with van der Waals surface area (Å²) in [6, 6.07) is 7.48.